The second-order valence-corrected chi connectivity index (χ2v) is 9.51. The quantitative estimate of drug-likeness (QED) is 0.111. The molecule has 11 heteroatoms. The summed E-state index contributed by atoms with van der Waals surface area (Å²) < 4.78 is 52.0. The average molecular weight is 660 g/mol. The first-order valence-electron chi connectivity index (χ1n) is 10.1. The van der Waals surface area contributed by atoms with Crippen LogP contribution >= 0.6 is 31.9 Å². The summed E-state index contributed by atoms with van der Waals surface area (Å²) in [6.45, 7) is 0.458. The summed E-state index contributed by atoms with van der Waals surface area (Å²) in [7, 11) is 0. The molecule has 37 heavy (non-hydrogen) atoms. The van der Waals surface area contributed by atoms with Gasteiger partial charge in [0.1, 0.15) is 19.5 Å². The molecule has 208 valence electrons. The second kappa shape index (κ2) is 23.8. The van der Waals surface area contributed by atoms with Crippen molar-refractivity contribution in [3.05, 3.63) is 83.9 Å². The van der Waals surface area contributed by atoms with Gasteiger partial charge in [0.15, 0.2) is 0 Å². The van der Waals surface area contributed by atoms with Gasteiger partial charge in [0.2, 0.25) is 0 Å². The Morgan fingerprint density at radius 1 is 0.757 bits per heavy atom. The minimum absolute atomic E-state index is 0. The van der Waals surface area contributed by atoms with E-state index in [1.807, 2.05) is 92.5 Å². The molecular formula is C26H32Br2F4O5. The summed E-state index contributed by atoms with van der Waals surface area (Å²) in [5.74, 6) is -0.803. The van der Waals surface area contributed by atoms with Crippen molar-refractivity contribution in [3.63, 3.8) is 0 Å². The molecule has 0 fully saturated rings. The zero-order chi connectivity index (χ0) is 26.5. The van der Waals surface area contributed by atoms with Crippen LogP contribution in [0.4, 0.5) is 17.6 Å². The van der Waals surface area contributed by atoms with Crippen LogP contribution in [-0.2, 0) is 37.1 Å². The molecule has 0 N–H and O–H groups in total. The maximum Gasteiger partial charge on any atom is 0.356 e. The van der Waals surface area contributed by atoms with Crippen molar-refractivity contribution in [1.29, 1.82) is 0 Å². The van der Waals surface area contributed by atoms with Crippen molar-refractivity contribution in [1.82, 2.24) is 0 Å². The monoisotopic (exact) mass is 658 g/mol. The minimum atomic E-state index is -2.88. The molecule has 0 aliphatic heterocycles. The zero-order valence-corrected chi connectivity index (χ0v) is 21.7. The third-order valence-electron chi connectivity index (χ3n) is 3.60. The molecule has 0 radical (unpaired) electrons. The Hall–Kier alpha value is -2.53. The molecule has 0 bridgehead atoms. The minimum Gasteiger partial charge on any atom is -0.461 e. The Morgan fingerprint density at radius 2 is 1.11 bits per heavy atom. The number of rotatable bonds is 10. The molecule has 0 heterocycles. The molecule has 0 aliphatic carbocycles. The van der Waals surface area contributed by atoms with Gasteiger partial charge in [-0.2, -0.15) is 17.6 Å². The summed E-state index contributed by atoms with van der Waals surface area (Å²) in [5.41, 5.74) is 1.83. The van der Waals surface area contributed by atoms with E-state index in [0.29, 0.717) is 12.4 Å². The molecule has 2 rings (SSSR count). The Labute approximate surface area is 232 Å². The number of carbonyl (C=O) groups is 3. The highest BCUT2D eigenvalue weighted by atomic mass is 79.9. The van der Waals surface area contributed by atoms with Gasteiger partial charge < -0.3 is 14.3 Å². The largest absolute Gasteiger partial charge is 0.461 e. The lowest BCUT2D eigenvalue weighted by Crippen LogP contribution is -2.04. The average Bonchev–Trinajstić information content (AvgIpc) is 2.80. The van der Waals surface area contributed by atoms with E-state index in [2.05, 4.69) is 0 Å². The first-order chi connectivity index (χ1) is 16.5. The number of benzene rings is 2. The van der Waals surface area contributed by atoms with E-state index in [1.165, 1.54) is 0 Å². The molecule has 0 atom stereocenters. The summed E-state index contributed by atoms with van der Waals surface area (Å²) in [4.78, 5) is 32.1. The van der Waals surface area contributed by atoms with E-state index in [4.69, 9.17) is 9.47 Å². The summed E-state index contributed by atoms with van der Waals surface area (Å²) in [6, 6.07) is 18.6. The van der Waals surface area contributed by atoms with Gasteiger partial charge in [-0.3, -0.25) is 9.59 Å². The second-order valence-electron chi connectivity index (χ2n) is 6.46. The fraction of sp³-hybridized carbons (Fsp3) is 0.346. The maximum atomic E-state index is 11.6. The van der Waals surface area contributed by atoms with Gasteiger partial charge in [-0.25, -0.2) is 0 Å². The number of halogens is 6. The highest BCUT2D eigenvalue weighted by Crippen LogP contribution is 2.28. The molecule has 0 saturated heterocycles. The van der Waals surface area contributed by atoms with Gasteiger partial charge in [0.05, 0.1) is 6.42 Å². The third kappa shape index (κ3) is 29.6. The summed E-state index contributed by atoms with van der Waals surface area (Å²) in [5, 5.41) is 0. The highest BCUT2D eigenvalue weighted by molar-refractivity contribution is 9.25. The van der Waals surface area contributed by atoms with Crippen LogP contribution in [0.5, 0.6) is 0 Å². The Bertz CT molecular complexity index is 883. The lowest BCUT2D eigenvalue weighted by molar-refractivity contribution is -0.146. The van der Waals surface area contributed by atoms with Crippen molar-refractivity contribution in [2.45, 2.75) is 57.5 Å². The summed E-state index contributed by atoms with van der Waals surface area (Å²) in [6.07, 6.45) is 0.0355. The van der Waals surface area contributed by atoms with Gasteiger partial charge >= 0.3 is 15.7 Å². The normalized spacial score (nSPS) is 9.35. The van der Waals surface area contributed by atoms with Crippen molar-refractivity contribution < 1.29 is 41.4 Å². The molecule has 0 amide bonds. The van der Waals surface area contributed by atoms with Gasteiger partial charge in [0, 0.05) is 44.7 Å². The predicted octanol–water partition coefficient (Wildman–Crippen LogP) is 8.60. The number of alkyl halides is 4. The van der Waals surface area contributed by atoms with Gasteiger partial charge in [-0.05, 0) is 23.6 Å². The Kier molecular flexibility index (Phi) is 25.1. The van der Waals surface area contributed by atoms with Crippen LogP contribution in [0.1, 0.15) is 51.7 Å². The van der Waals surface area contributed by atoms with E-state index < -0.39 is 15.8 Å². The SMILES string of the molecule is C.C.FC(F)(Br)Br.O=C(CCC=C(F)F)OCc1ccccc1.O=CCCC(=O)OCc1ccccc1. The zero-order valence-electron chi connectivity index (χ0n) is 18.5. The van der Waals surface area contributed by atoms with Crippen molar-refractivity contribution in [2.24, 2.45) is 0 Å². The molecule has 0 aliphatic rings. The van der Waals surface area contributed by atoms with E-state index in [9.17, 15) is 31.9 Å². The highest BCUT2D eigenvalue weighted by Gasteiger charge is 2.15. The lowest BCUT2D eigenvalue weighted by Gasteiger charge is -2.03. The standard InChI is InChI=1S/C12H12F2O2.C11H12O3.CBr2F2.2CH4/c13-11(14)7-4-8-12(15)16-9-10-5-2-1-3-6-10;12-8-4-7-11(13)14-9-10-5-2-1-3-6-10;2-1(3,4)5;;/h1-3,5-7H,4,8-9H2;1-3,5-6,8H,4,7,9H2;;2*1H4. The molecule has 5 nitrogen and oxygen atoms in total. The van der Waals surface area contributed by atoms with Gasteiger partial charge in [0.25, 0.3) is 6.08 Å². The number of ether oxygens (including phenoxy) is 2. The van der Waals surface area contributed by atoms with Gasteiger partial charge in [-0.15, -0.1) is 0 Å². The molecule has 0 spiro atoms. The number of aldehydes is 1. The summed E-state index contributed by atoms with van der Waals surface area (Å²) >= 11 is 3.92. The predicted molar refractivity (Wildman–Crippen MR) is 144 cm³/mol. The van der Waals surface area contributed by atoms with Crippen molar-refractivity contribution in [2.75, 3.05) is 0 Å². The first-order valence-corrected chi connectivity index (χ1v) is 11.7. The van der Waals surface area contributed by atoms with Crippen LogP contribution in [0.15, 0.2) is 72.8 Å². The first kappa shape index (κ1) is 39.0. The van der Waals surface area contributed by atoms with Crippen LogP contribution in [0.3, 0.4) is 0 Å². The van der Waals surface area contributed by atoms with E-state index in [-0.39, 0.29) is 59.7 Å². The molecule has 2 aromatic rings. The van der Waals surface area contributed by atoms with Crippen molar-refractivity contribution in [3.8, 4) is 0 Å². The lowest BCUT2D eigenvalue weighted by atomic mass is 10.2. The van der Waals surface area contributed by atoms with Crippen LogP contribution in [0.25, 0.3) is 0 Å². The van der Waals surface area contributed by atoms with E-state index in [0.717, 1.165) is 11.1 Å². The fourth-order valence-electron chi connectivity index (χ4n) is 2.10. The Balaban J connectivity index is -0.000000509. The molecular weight excluding hydrogens is 628 g/mol. The van der Waals surface area contributed by atoms with Crippen LogP contribution in [0.2, 0.25) is 0 Å². The number of esters is 2. The smallest absolute Gasteiger partial charge is 0.356 e. The molecule has 2 aromatic carbocycles. The molecule has 0 saturated carbocycles. The Morgan fingerprint density at radius 3 is 1.43 bits per heavy atom. The van der Waals surface area contributed by atoms with Crippen LogP contribution in [0, 0.1) is 0 Å². The fourth-order valence-corrected chi connectivity index (χ4v) is 2.10. The van der Waals surface area contributed by atoms with Crippen molar-refractivity contribution >= 4 is 50.1 Å². The van der Waals surface area contributed by atoms with Gasteiger partial charge in [-0.1, -0.05) is 75.5 Å². The third-order valence-corrected chi connectivity index (χ3v) is 3.60. The molecule has 0 unspecified atom stereocenters. The molecule has 0 aromatic heterocycles. The number of hydrogen-bond acceptors (Lipinski definition) is 5. The van der Waals surface area contributed by atoms with E-state index >= 15 is 0 Å². The number of allylic oxidation sites excluding steroid dienone is 1. The maximum absolute atomic E-state index is 11.6. The number of hydrogen-bond donors (Lipinski definition) is 0. The topological polar surface area (TPSA) is 69.7 Å². The van der Waals surface area contributed by atoms with Crippen LogP contribution < -0.4 is 0 Å². The van der Waals surface area contributed by atoms with E-state index in [1.54, 1.807) is 0 Å². The van der Waals surface area contributed by atoms with Crippen LogP contribution in [-0.4, -0.2) is 22.0 Å². The number of carbonyl (C=O) groups excluding carboxylic acids is 3.